The molecule has 2 N–H and O–H groups in total. The van der Waals surface area contributed by atoms with Gasteiger partial charge in [-0.3, -0.25) is 0 Å². The smallest absolute Gasteiger partial charge is 0.397 e. The normalized spacial score (nSPS) is 11.1. The summed E-state index contributed by atoms with van der Waals surface area (Å²) in [4.78, 5) is 0. The van der Waals surface area contributed by atoms with Gasteiger partial charge in [0.05, 0.1) is 11.3 Å². The topological polar surface area (TPSA) is 26.0 Å². The van der Waals surface area contributed by atoms with E-state index in [1.807, 2.05) is 0 Å². The molecule has 1 aromatic rings. The monoisotopic (exact) mass is 263 g/mol. The molecule has 0 aliphatic rings. The Morgan fingerprint density at radius 3 is 2.36 bits per heavy atom. The summed E-state index contributed by atoms with van der Waals surface area (Å²) in [6, 6.07) is 1.75. The summed E-state index contributed by atoms with van der Waals surface area (Å²) in [7, 11) is 0. The van der Waals surface area contributed by atoms with E-state index < -0.39 is 11.7 Å². The molecule has 0 aromatic heterocycles. The van der Waals surface area contributed by atoms with Crippen molar-refractivity contribution in [3.8, 4) is 12.3 Å². The van der Waals surface area contributed by atoms with Crippen molar-refractivity contribution in [1.29, 1.82) is 0 Å². The Morgan fingerprint density at radius 2 is 1.93 bits per heavy atom. The van der Waals surface area contributed by atoms with E-state index in [0.29, 0.717) is 0 Å². The van der Waals surface area contributed by atoms with E-state index in [2.05, 4.69) is 21.9 Å². The minimum absolute atomic E-state index is 0.0340. The number of halogens is 4. The lowest BCUT2D eigenvalue weighted by Gasteiger charge is -2.09. The molecule has 0 saturated heterocycles. The highest BCUT2D eigenvalue weighted by Crippen LogP contribution is 2.34. The van der Waals surface area contributed by atoms with E-state index >= 15 is 0 Å². The Bertz CT molecular complexity index is 404. The largest absolute Gasteiger partial charge is 0.416 e. The zero-order chi connectivity index (χ0) is 10.9. The Kier molecular flexibility index (Phi) is 2.76. The highest BCUT2D eigenvalue weighted by molar-refractivity contribution is 9.10. The average molecular weight is 264 g/mol. The van der Waals surface area contributed by atoms with Crippen LogP contribution < -0.4 is 5.73 Å². The third-order valence-corrected chi connectivity index (χ3v) is 2.27. The minimum Gasteiger partial charge on any atom is -0.397 e. The van der Waals surface area contributed by atoms with Crippen LogP contribution in [0.1, 0.15) is 11.1 Å². The maximum atomic E-state index is 12.3. The fraction of sp³-hybridized carbons (Fsp3) is 0.111. The van der Waals surface area contributed by atoms with E-state index in [1.165, 1.54) is 0 Å². The predicted octanol–water partition coefficient (Wildman–Crippen LogP) is 3.03. The summed E-state index contributed by atoms with van der Waals surface area (Å²) >= 11 is 2.91. The van der Waals surface area contributed by atoms with Gasteiger partial charge in [-0.05, 0) is 28.1 Å². The van der Waals surface area contributed by atoms with Crippen LogP contribution in [0.5, 0.6) is 0 Å². The first-order chi connectivity index (χ1) is 6.36. The van der Waals surface area contributed by atoms with Crippen LogP contribution in [0.25, 0.3) is 0 Å². The Morgan fingerprint density at radius 1 is 1.36 bits per heavy atom. The van der Waals surface area contributed by atoms with Crippen LogP contribution in [0.3, 0.4) is 0 Å². The quantitative estimate of drug-likeness (QED) is 0.565. The summed E-state index contributed by atoms with van der Waals surface area (Å²) in [5.41, 5.74) is 4.81. The second-order valence-corrected chi connectivity index (χ2v) is 3.42. The van der Waals surface area contributed by atoms with Crippen molar-refractivity contribution in [2.45, 2.75) is 6.18 Å². The standard InChI is InChI=1S/C9H5BrF3N/c1-2-5-3-6(9(11,12)13)4-7(10)8(5)14/h1,3-4H,14H2. The lowest BCUT2D eigenvalue weighted by molar-refractivity contribution is -0.137. The molecule has 0 atom stereocenters. The molecular weight excluding hydrogens is 259 g/mol. The molecule has 0 fully saturated rings. The Hall–Kier alpha value is -1.15. The number of nitrogen functional groups attached to an aromatic ring is 1. The molecule has 0 saturated carbocycles. The average Bonchev–Trinajstić information content (AvgIpc) is 2.07. The summed E-state index contributed by atoms with van der Waals surface area (Å²) in [6.45, 7) is 0. The number of alkyl halides is 3. The molecule has 1 rings (SSSR count). The van der Waals surface area contributed by atoms with Crippen molar-refractivity contribution in [2.24, 2.45) is 0 Å². The van der Waals surface area contributed by atoms with E-state index in [1.54, 1.807) is 0 Å². The van der Waals surface area contributed by atoms with Gasteiger partial charge in [-0.25, -0.2) is 0 Å². The van der Waals surface area contributed by atoms with Gasteiger partial charge in [0.1, 0.15) is 0 Å². The molecular formula is C9H5BrF3N. The molecule has 0 amide bonds. The van der Waals surface area contributed by atoms with Crippen LogP contribution in [-0.4, -0.2) is 0 Å². The number of terminal acetylenes is 1. The predicted molar refractivity (Wildman–Crippen MR) is 51.5 cm³/mol. The fourth-order valence-electron chi connectivity index (χ4n) is 0.901. The van der Waals surface area contributed by atoms with E-state index in [0.717, 1.165) is 12.1 Å². The third-order valence-electron chi connectivity index (χ3n) is 1.61. The molecule has 1 aromatic carbocycles. The molecule has 74 valence electrons. The van der Waals surface area contributed by atoms with Gasteiger partial charge in [-0.2, -0.15) is 13.2 Å². The van der Waals surface area contributed by atoms with Crippen molar-refractivity contribution >= 4 is 21.6 Å². The van der Waals surface area contributed by atoms with E-state index in [4.69, 9.17) is 12.2 Å². The van der Waals surface area contributed by atoms with Gasteiger partial charge in [0.25, 0.3) is 0 Å². The highest BCUT2D eigenvalue weighted by atomic mass is 79.9. The zero-order valence-electron chi connectivity index (χ0n) is 6.82. The SMILES string of the molecule is C#Cc1cc(C(F)(F)F)cc(Br)c1N. The Balaban J connectivity index is 3.40. The number of hydrogen-bond donors (Lipinski definition) is 1. The van der Waals surface area contributed by atoms with Crippen molar-refractivity contribution < 1.29 is 13.2 Å². The van der Waals surface area contributed by atoms with Crippen LogP contribution in [0.15, 0.2) is 16.6 Å². The first-order valence-electron chi connectivity index (χ1n) is 3.49. The molecule has 0 unspecified atom stereocenters. The van der Waals surface area contributed by atoms with Crippen molar-refractivity contribution in [3.05, 3.63) is 27.7 Å². The van der Waals surface area contributed by atoms with Gasteiger partial charge in [-0.15, -0.1) is 6.42 Å². The first kappa shape index (κ1) is 10.9. The first-order valence-corrected chi connectivity index (χ1v) is 4.28. The summed E-state index contributed by atoms with van der Waals surface area (Å²) in [6.07, 6.45) is 0.599. The zero-order valence-corrected chi connectivity index (χ0v) is 8.41. The molecule has 0 spiro atoms. The van der Waals surface area contributed by atoms with Gasteiger partial charge in [0.15, 0.2) is 0 Å². The van der Waals surface area contributed by atoms with Gasteiger partial charge >= 0.3 is 6.18 Å². The van der Waals surface area contributed by atoms with Gasteiger partial charge in [0.2, 0.25) is 0 Å². The van der Waals surface area contributed by atoms with Crippen LogP contribution in [0.2, 0.25) is 0 Å². The van der Waals surface area contributed by atoms with Crippen LogP contribution >= 0.6 is 15.9 Å². The summed E-state index contributed by atoms with van der Waals surface area (Å²) < 4.78 is 37.0. The summed E-state index contributed by atoms with van der Waals surface area (Å²) in [5, 5.41) is 0. The molecule has 5 heteroatoms. The van der Waals surface area contributed by atoms with Crippen LogP contribution in [-0.2, 0) is 6.18 Å². The lowest BCUT2D eigenvalue weighted by Crippen LogP contribution is -2.06. The number of benzene rings is 1. The number of hydrogen-bond acceptors (Lipinski definition) is 1. The maximum absolute atomic E-state index is 12.3. The van der Waals surface area contributed by atoms with E-state index in [9.17, 15) is 13.2 Å². The molecule has 0 heterocycles. The van der Waals surface area contributed by atoms with Crippen molar-refractivity contribution in [2.75, 3.05) is 5.73 Å². The fourth-order valence-corrected chi connectivity index (χ4v) is 1.36. The molecule has 0 aliphatic carbocycles. The third kappa shape index (κ3) is 2.02. The number of rotatable bonds is 0. The molecule has 1 nitrogen and oxygen atoms in total. The molecule has 0 aliphatic heterocycles. The van der Waals surface area contributed by atoms with Crippen molar-refractivity contribution in [1.82, 2.24) is 0 Å². The van der Waals surface area contributed by atoms with Gasteiger partial charge in [-0.1, -0.05) is 5.92 Å². The van der Waals surface area contributed by atoms with Gasteiger partial charge in [0, 0.05) is 10.0 Å². The van der Waals surface area contributed by atoms with Crippen molar-refractivity contribution in [3.63, 3.8) is 0 Å². The van der Waals surface area contributed by atoms with Crippen LogP contribution in [0.4, 0.5) is 18.9 Å². The number of nitrogens with two attached hydrogens (primary N) is 1. The lowest BCUT2D eigenvalue weighted by atomic mass is 10.1. The second kappa shape index (κ2) is 3.54. The molecule has 0 radical (unpaired) electrons. The van der Waals surface area contributed by atoms with Gasteiger partial charge < -0.3 is 5.73 Å². The molecule has 0 bridgehead atoms. The number of anilines is 1. The maximum Gasteiger partial charge on any atom is 0.416 e. The Labute approximate surface area is 87.2 Å². The molecule has 14 heavy (non-hydrogen) atoms. The second-order valence-electron chi connectivity index (χ2n) is 2.56. The highest BCUT2D eigenvalue weighted by Gasteiger charge is 2.31. The van der Waals surface area contributed by atoms with E-state index in [-0.39, 0.29) is 15.7 Å². The summed E-state index contributed by atoms with van der Waals surface area (Å²) in [5.74, 6) is 2.09. The van der Waals surface area contributed by atoms with Crippen LogP contribution in [0, 0.1) is 12.3 Å². The minimum atomic E-state index is -4.41.